The summed E-state index contributed by atoms with van der Waals surface area (Å²) in [5.41, 5.74) is 2.87. The Hall–Kier alpha value is -3.33. The first-order chi connectivity index (χ1) is 13.8. The van der Waals surface area contributed by atoms with Crippen molar-refractivity contribution in [3.8, 4) is 5.75 Å². The number of hydrogen-bond donors (Lipinski definition) is 3. The highest BCUT2D eigenvalue weighted by Gasteiger charge is 2.20. The van der Waals surface area contributed by atoms with E-state index in [1.165, 1.54) is 6.07 Å². The van der Waals surface area contributed by atoms with E-state index in [-0.39, 0.29) is 10.7 Å². The quantitative estimate of drug-likeness (QED) is 0.548. The van der Waals surface area contributed by atoms with E-state index < -0.39 is 15.9 Å². The molecular weight excluding hydrogens is 392 g/mol. The Morgan fingerprint density at radius 2 is 1.83 bits per heavy atom. The molecule has 0 saturated carbocycles. The summed E-state index contributed by atoms with van der Waals surface area (Å²) in [6.07, 6.45) is 0. The number of rotatable bonds is 7. The smallest absolute Gasteiger partial charge is 0.278 e. The Kier molecular flexibility index (Phi) is 5.88. The number of nitrogens with one attached hydrogen (secondary N) is 3. The lowest BCUT2D eigenvalue weighted by molar-refractivity contribution is 0.102. The predicted molar refractivity (Wildman–Crippen MR) is 111 cm³/mol. The van der Waals surface area contributed by atoms with Gasteiger partial charge in [0.25, 0.3) is 15.9 Å². The maximum absolute atomic E-state index is 12.6. The van der Waals surface area contributed by atoms with Gasteiger partial charge >= 0.3 is 0 Å². The van der Waals surface area contributed by atoms with Crippen LogP contribution < -0.4 is 14.8 Å². The molecule has 2 aromatic carbocycles. The highest BCUT2D eigenvalue weighted by Crippen LogP contribution is 2.20. The summed E-state index contributed by atoms with van der Waals surface area (Å²) >= 11 is 0. The standard InChI is InChI=1S/C20H22N4O4S/c1-4-28-16-9-7-15(8-10-16)24-29(26,27)19-12-18(22-23-19)20(25)21-17-11-13(2)5-6-14(17)3/h5-12,24H,4H2,1-3H3,(H,21,25)(H,22,23). The van der Waals surface area contributed by atoms with Crippen molar-refractivity contribution in [2.45, 2.75) is 25.8 Å². The van der Waals surface area contributed by atoms with Gasteiger partial charge in [0.2, 0.25) is 0 Å². The zero-order valence-corrected chi connectivity index (χ0v) is 17.1. The molecule has 0 aliphatic rings. The van der Waals surface area contributed by atoms with Gasteiger partial charge in [0.15, 0.2) is 10.7 Å². The van der Waals surface area contributed by atoms with Gasteiger partial charge in [0.1, 0.15) is 5.75 Å². The molecule has 0 bridgehead atoms. The van der Waals surface area contributed by atoms with E-state index in [9.17, 15) is 13.2 Å². The van der Waals surface area contributed by atoms with Crippen LogP contribution in [0.5, 0.6) is 5.75 Å². The minimum Gasteiger partial charge on any atom is -0.494 e. The predicted octanol–water partition coefficient (Wildman–Crippen LogP) is 3.48. The second-order valence-electron chi connectivity index (χ2n) is 6.45. The third-order valence-corrected chi connectivity index (χ3v) is 5.43. The molecular formula is C20H22N4O4S. The Labute approximate surface area is 169 Å². The summed E-state index contributed by atoms with van der Waals surface area (Å²) in [6.45, 7) is 6.17. The summed E-state index contributed by atoms with van der Waals surface area (Å²) < 4.78 is 32.9. The molecule has 3 rings (SSSR count). The van der Waals surface area contributed by atoms with Gasteiger partial charge in [-0.25, -0.2) is 0 Å². The minimum atomic E-state index is -3.93. The number of carbonyl (C=O) groups is 1. The molecule has 0 spiro atoms. The fourth-order valence-electron chi connectivity index (χ4n) is 2.61. The first-order valence-corrected chi connectivity index (χ1v) is 10.5. The Balaban J connectivity index is 1.73. The number of amides is 1. The number of aryl methyl sites for hydroxylation is 2. The van der Waals surface area contributed by atoms with Gasteiger partial charge in [0.05, 0.1) is 6.61 Å². The highest BCUT2D eigenvalue weighted by atomic mass is 32.2. The number of sulfonamides is 1. The van der Waals surface area contributed by atoms with E-state index >= 15 is 0 Å². The number of hydrogen-bond acceptors (Lipinski definition) is 5. The molecule has 1 aromatic heterocycles. The van der Waals surface area contributed by atoms with Crippen molar-refractivity contribution in [1.29, 1.82) is 0 Å². The van der Waals surface area contributed by atoms with Crippen LogP contribution in [0.1, 0.15) is 28.5 Å². The second kappa shape index (κ2) is 8.36. The van der Waals surface area contributed by atoms with Crippen molar-refractivity contribution in [2.75, 3.05) is 16.6 Å². The van der Waals surface area contributed by atoms with Gasteiger partial charge in [-0.05, 0) is 62.2 Å². The zero-order valence-electron chi connectivity index (χ0n) is 16.3. The minimum absolute atomic E-state index is 0.0297. The van der Waals surface area contributed by atoms with Gasteiger partial charge in [0, 0.05) is 17.4 Å². The third kappa shape index (κ3) is 4.94. The highest BCUT2D eigenvalue weighted by molar-refractivity contribution is 7.92. The van der Waals surface area contributed by atoms with E-state index in [1.54, 1.807) is 24.3 Å². The number of carbonyl (C=O) groups excluding carboxylic acids is 1. The monoisotopic (exact) mass is 414 g/mol. The number of ether oxygens (including phenoxy) is 1. The van der Waals surface area contributed by atoms with Crippen LogP contribution in [0.25, 0.3) is 0 Å². The largest absolute Gasteiger partial charge is 0.494 e. The molecule has 0 fully saturated rings. The molecule has 0 radical (unpaired) electrons. The van der Waals surface area contributed by atoms with Crippen LogP contribution in [-0.4, -0.2) is 31.1 Å². The topological polar surface area (TPSA) is 113 Å². The first kappa shape index (κ1) is 20.4. The van der Waals surface area contributed by atoms with Crippen molar-refractivity contribution < 1.29 is 17.9 Å². The summed E-state index contributed by atoms with van der Waals surface area (Å²) in [5.74, 6) is 0.139. The van der Waals surface area contributed by atoms with Crippen molar-refractivity contribution in [1.82, 2.24) is 10.2 Å². The zero-order chi connectivity index (χ0) is 21.0. The summed E-state index contributed by atoms with van der Waals surface area (Å²) in [6, 6.07) is 13.4. The number of benzene rings is 2. The van der Waals surface area contributed by atoms with Crippen LogP contribution in [0.3, 0.4) is 0 Å². The van der Waals surface area contributed by atoms with Crippen LogP contribution in [0.15, 0.2) is 53.6 Å². The van der Waals surface area contributed by atoms with Gasteiger partial charge in [-0.2, -0.15) is 13.5 Å². The van der Waals surface area contributed by atoms with E-state index in [4.69, 9.17) is 4.74 Å². The van der Waals surface area contributed by atoms with Crippen molar-refractivity contribution in [3.05, 3.63) is 65.4 Å². The van der Waals surface area contributed by atoms with Crippen LogP contribution in [0, 0.1) is 13.8 Å². The van der Waals surface area contributed by atoms with Crippen molar-refractivity contribution >= 4 is 27.3 Å². The lowest BCUT2D eigenvalue weighted by atomic mass is 10.1. The molecule has 3 N–H and O–H groups in total. The molecule has 9 heteroatoms. The number of aromatic amines is 1. The van der Waals surface area contributed by atoms with Crippen LogP contribution >= 0.6 is 0 Å². The maximum Gasteiger partial charge on any atom is 0.278 e. The summed E-state index contributed by atoms with van der Waals surface area (Å²) in [7, 11) is -3.93. The van der Waals surface area contributed by atoms with Crippen LogP contribution in [-0.2, 0) is 10.0 Å². The van der Waals surface area contributed by atoms with E-state index in [2.05, 4.69) is 20.2 Å². The first-order valence-electron chi connectivity index (χ1n) is 8.98. The van der Waals surface area contributed by atoms with E-state index in [1.807, 2.05) is 39.0 Å². The van der Waals surface area contributed by atoms with Gasteiger partial charge < -0.3 is 10.1 Å². The average molecular weight is 414 g/mol. The SMILES string of the molecule is CCOc1ccc(NS(=O)(=O)c2cc(C(=O)Nc3cc(C)ccc3C)n[nH]2)cc1. The molecule has 0 aliphatic carbocycles. The fourth-order valence-corrected chi connectivity index (χ4v) is 3.60. The van der Waals surface area contributed by atoms with Crippen LogP contribution in [0.4, 0.5) is 11.4 Å². The molecule has 0 aliphatic heterocycles. The van der Waals surface area contributed by atoms with Crippen molar-refractivity contribution in [2.24, 2.45) is 0 Å². The summed E-state index contributed by atoms with van der Waals surface area (Å²) in [5, 5.41) is 8.78. The van der Waals surface area contributed by atoms with Gasteiger partial charge in [-0.3, -0.25) is 14.6 Å². The van der Waals surface area contributed by atoms with Gasteiger partial charge in [-0.1, -0.05) is 12.1 Å². The fraction of sp³-hybridized carbons (Fsp3) is 0.200. The Morgan fingerprint density at radius 1 is 1.10 bits per heavy atom. The lowest BCUT2D eigenvalue weighted by Crippen LogP contribution is -2.14. The summed E-state index contributed by atoms with van der Waals surface area (Å²) in [4.78, 5) is 12.5. The normalized spacial score (nSPS) is 11.1. The number of anilines is 2. The molecule has 152 valence electrons. The van der Waals surface area contributed by atoms with E-state index in [0.717, 1.165) is 11.1 Å². The van der Waals surface area contributed by atoms with Gasteiger partial charge in [-0.15, -0.1) is 0 Å². The molecule has 3 aromatic rings. The Morgan fingerprint density at radius 3 is 2.52 bits per heavy atom. The molecule has 29 heavy (non-hydrogen) atoms. The molecule has 0 saturated heterocycles. The molecule has 0 atom stereocenters. The lowest BCUT2D eigenvalue weighted by Gasteiger charge is -2.08. The molecule has 1 heterocycles. The molecule has 0 unspecified atom stereocenters. The number of H-pyrrole nitrogens is 1. The molecule has 1 amide bonds. The number of nitrogens with zero attached hydrogens (tertiary/aromatic N) is 1. The average Bonchev–Trinajstić information content (AvgIpc) is 3.18. The van der Waals surface area contributed by atoms with Crippen molar-refractivity contribution in [3.63, 3.8) is 0 Å². The second-order valence-corrected chi connectivity index (χ2v) is 8.10. The number of aromatic nitrogens is 2. The van der Waals surface area contributed by atoms with E-state index in [0.29, 0.717) is 23.7 Å². The molecule has 8 nitrogen and oxygen atoms in total. The maximum atomic E-state index is 12.6. The Bertz CT molecular complexity index is 1120. The third-order valence-electron chi connectivity index (χ3n) is 4.14. The van der Waals surface area contributed by atoms with Crippen LogP contribution in [0.2, 0.25) is 0 Å².